The van der Waals surface area contributed by atoms with Gasteiger partial charge in [0.2, 0.25) is 0 Å². The van der Waals surface area contributed by atoms with E-state index in [0.717, 1.165) is 11.3 Å². The molecule has 0 saturated heterocycles. The van der Waals surface area contributed by atoms with Crippen LogP contribution in [0.3, 0.4) is 0 Å². The Bertz CT molecular complexity index is 384. The van der Waals surface area contributed by atoms with Gasteiger partial charge in [-0.1, -0.05) is 31.4 Å². The van der Waals surface area contributed by atoms with Crippen LogP contribution in [0.1, 0.15) is 50.6 Å². The molecule has 0 aromatic heterocycles. The zero-order valence-corrected chi connectivity index (χ0v) is 12.7. The van der Waals surface area contributed by atoms with Crippen LogP contribution in [0.15, 0.2) is 24.3 Å². The van der Waals surface area contributed by atoms with Crippen molar-refractivity contribution in [2.75, 3.05) is 13.7 Å². The lowest BCUT2D eigenvalue weighted by Crippen LogP contribution is -2.35. The minimum Gasteiger partial charge on any atom is -0.494 e. The zero-order chi connectivity index (χ0) is 14.4. The number of hydrogen-bond donors (Lipinski definition) is 1. The molecule has 1 aromatic rings. The van der Waals surface area contributed by atoms with E-state index in [0.29, 0.717) is 12.5 Å². The number of benzene rings is 1. The van der Waals surface area contributed by atoms with E-state index >= 15 is 0 Å². The Kier molecular flexibility index (Phi) is 5.86. The quantitative estimate of drug-likeness (QED) is 0.862. The summed E-state index contributed by atoms with van der Waals surface area (Å²) in [7, 11) is 1.79. The number of hydrogen-bond acceptors (Lipinski definition) is 3. The number of ether oxygens (including phenoxy) is 2. The zero-order valence-electron chi connectivity index (χ0n) is 12.7. The second kappa shape index (κ2) is 7.65. The first-order valence-electron chi connectivity index (χ1n) is 7.77. The standard InChI is InChI=1S/C17H27NO2/c1-3-20-15-11-9-13(10-12-15)16(18)17(19-2)14-7-5-4-6-8-14/h9-12,14,16-17H,3-8,18H2,1-2H3. The Morgan fingerprint density at radius 1 is 1.15 bits per heavy atom. The molecule has 0 radical (unpaired) electrons. The summed E-state index contributed by atoms with van der Waals surface area (Å²) in [4.78, 5) is 0. The molecule has 2 rings (SSSR count). The Labute approximate surface area is 122 Å². The third-order valence-electron chi connectivity index (χ3n) is 4.32. The van der Waals surface area contributed by atoms with Crippen molar-refractivity contribution in [2.24, 2.45) is 11.7 Å². The normalized spacial score (nSPS) is 19.6. The van der Waals surface area contributed by atoms with E-state index in [1.54, 1.807) is 7.11 Å². The smallest absolute Gasteiger partial charge is 0.119 e. The molecule has 3 nitrogen and oxygen atoms in total. The van der Waals surface area contributed by atoms with E-state index in [1.807, 2.05) is 19.1 Å². The topological polar surface area (TPSA) is 44.5 Å². The first-order chi connectivity index (χ1) is 9.76. The second-order valence-corrected chi connectivity index (χ2v) is 5.63. The molecule has 1 saturated carbocycles. The minimum atomic E-state index is -0.0567. The van der Waals surface area contributed by atoms with Gasteiger partial charge in [0, 0.05) is 7.11 Å². The Balaban J connectivity index is 2.04. The highest BCUT2D eigenvalue weighted by Gasteiger charge is 2.29. The Morgan fingerprint density at radius 3 is 2.35 bits per heavy atom. The second-order valence-electron chi connectivity index (χ2n) is 5.63. The lowest BCUT2D eigenvalue weighted by atomic mass is 9.81. The molecule has 1 aliphatic carbocycles. The van der Waals surface area contributed by atoms with Crippen LogP contribution in [0, 0.1) is 5.92 Å². The van der Waals surface area contributed by atoms with E-state index < -0.39 is 0 Å². The van der Waals surface area contributed by atoms with Gasteiger partial charge < -0.3 is 15.2 Å². The summed E-state index contributed by atoms with van der Waals surface area (Å²) in [6.07, 6.45) is 6.56. The van der Waals surface area contributed by atoms with Crippen molar-refractivity contribution in [3.05, 3.63) is 29.8 Å². The van der Waals surface area contributed by atoms with Gasteiger partial charge in [0.15, 0.2) is 0 Å². The van der Waals surface area contributed by atoms with Gasteiger partial charge in [-0.3, -0.25) is 0 Å². The Hall–Kier alpha value is -1.06. The summed E-state index contributed by atoms with van der Waals surface area (Å²) in [6.45, 7) is 2.68. The summed E-state index contributed by atoms with van der Waals surface area (Å²) in [5.74, 6) is 1.49. The molecule has 0 spiro atoms. The van der Waals surface area contributed by atoms with Gasteiger partial charge in [-0.05, 0) is 43.4 Å². The average molecular weight is 277 g/mol. The number of rotatable bonds is 6. The van der Waals surface area contributed by atoms with Crippen molar-refractivity contribution in [2.45, 2.75) is 51.2 Å². The van der Waals surface area contributed by atoms with Crippen molar-refractivity contribution < 1.29 is 9.47 Å². The summed E-state index contributed by atoms with van der Waals surface area (Å²) in [6, 6.07) is 8.05. The molecular weight excluding hydrogens is 250 g/mol. The summed E-state index contributed by atoms with van der Waals surface area (Å²) in [5.41, 5.74) is 7.57. The molecule has 1 aromatic carbocycles. The molecule has 0 aliphatic heterocycles. The SMILES string of the molecule is CCOc1ccc(C(N)C(OC)C2CCCCC2)cc1. The summed E-state index contributed by atoms with van der Waals surface area (Å²) in [5, 5.41) is 0. The van der Waals surface area contributed by atoms with Gasteiger partial charge in [-0.2, -0.15) is 0 Å². The van der Waals surface area contributed by atoms with Crippen molar-refractivity contribution in [1.82, 2.24) is 0 Å². The highest BCUT2D eigenvalue weighted by atomic mass is 16.5. The van der Waals surface area contributed by atoms with Crippen molar-refractivity contribution in [1.29, 1.82) is 0 Å². The minimum absolute atomic E-state index is 0.0567. The van der Waals surface area contributed by atoms with Gasteiger partial charge in [0.25, 0.3) is 0 Å². The van der Waals surface area contributed by atoms with Crippen LogP contribution in [0.25, 0.3) is 0 Å². The first kappa shape index (κ1) is 15.3. The van der Waals surface area contributed by atoms with Crippen molar-refractivity contribution in [3.8, 4) is 5.75 Å². The summed E-state index contributed by atoms with van der Waals surface area (Å²) >= 11 is 0. The average Bonchev–Trinajstić information content (AvgIpc) is 2.50. The molecule has 2 atom stereocenters. The third-order valence-corrected chi connectivity index (χ3v) is 4.32. The molecule has 0 heterocycles. The molecule has 2 N–H and O–H groups in total. The fourth-order valence-electron chi connectivity index (χ4n) is 3.24. The summed E-state index contributed by atoms with van der Waals surface area (Å²) < 4.78 is 11.2. The van der Waals surface area contributed by atoms with E-state index in [4.69, 9.17) is 15.2 Å². The van der Waals surface area contributed by atoms with Gasteiger partial charge in [-0.25, -0.2) is 0 Å². The van der Waals surface area contributed by atoms with Crippen LogP contribution in [-0.4, -0.2) is 19.8 Å². The lowest BCUT2D eigenvalue weighted by Gasteiger charge is -2.33. The van der Waals surface area contributed by atoms with Crippen LogP contribution >= 0.6 is 0 Å². The maximum absolute atomic E-state index is 6.44. The molecular formula is C17H27NO2. The molecule has 20 heavy (non-hydrogen) atoms. The molecule has 0 amide bonds. The molecule has 1 aliphatic rings. The largest absolute Gasteiger partial charge is 0.494 e. The van der Waals surface area contributed by atoms with Gasteiger partial charge in [0.05, 0.1) is 18.8 Å². The maximum Gasteiger partial charge on any atom is 0.119 e. The number of nitrogens with two attached hydrogens (primary N) is 1. The van der Waals surface area contributed by atoms with E-state index in [2.05, 4.69) is 12.1 Å². The molecule has 2 unspecified atom stereocenters. The fourth-order valence-corrected chi connectivity index (χ4v) is 3.24. The highest BCUT2D eigenvalue weighted by molar-refractivity contribution is 5.29. The third kappa shape index (κ3) is 3.74. The molecule has 0 bridgehead atoms. The highest BCUT2D eigenvalue weighted by Crippen LogP contribution is 2.33. The van der Waals surface area contributed by atoms with Crippen molar-refractivity contribution in [3.63, 3.8) is 0 Å². The van der Waals surface area contributed by atoms with Crippen LogP contribution in [0.2, 0.25) is 0 Å². The van der Waals surface area contributed by atoms with E-state index in [1.165, 1.54) is 32.1 Å². The molecule has 3 heteroatoms. The fraction of sp³-hybridized carbons (Fsp3) is 0.647. The van der Waals surface area contributed by atoms with Crippen LogP contribution in [0.5, 0.6) is 5.75 Å². The van der Waals surface area contributed by atoms with Crippen LogP contribution in [0.4, 0.5) is 0 Å². The van der Waals surface area contributed by atoms with E-state index in [-0.39, 0.29) is 12.1 Å². The predicted octanol–water partition coefficient (Wildman–Crippen LogP) is 3.68. The van der Waals surface area contributed by atoms with Gasteiger partial charge >= 0.3 is 0 Å². The monoisotopic (exact) mass is 277 g/mol. The molecule has 112 valence electrons. The maximum atomic E-state index is 6.44. The van der Waals surface area contributed by atoms with Crippen LogP contribution in [-0.2, 0) is 4.74 Å². The lowest BCUT2D eigenvalue weighted by molar-refractivity contribution is 0.0173. The molecule has 1 fully saturated rings. The van der Waals surface area contributed by atoms with E-state index in [9.17, 15) is 0 Å². The Morgan fingerprint density at radius 2 is 1.80 bits per heavy atom. The number of methoxy groups -OCH3 is 1. The van der Waals surface area contributed by atoms with Crippen LogP contribution < -0.4 is 10.5 Å². The van der Waals surface area contributed by atoms with Crippen molar-refractivity contribution >= 4 is 0 Å². The van der Waals surface area contributed by atoms with Gasteiger partial charge in [-0.15, -0.1) is 0 Å². The van der Waals surface area contributed by atoms with Gasteiger partial charge in [0.1, 0.15) is 5.75 Å². The predicted molar refractivity (Wildman–Crippen MR) is 81.9 cm³/mol. The first-order valence-corrected chi connectivity index (χ1v) is 7.77.